The van der Waals surface area contributed by atoms with E-state index in [-0.39, 0.29) is 22.5 Å². The van der Waals surface area contributed by atoms with Crippen molar-refractivity contribution in [3.05, 3.63) is 26.4 Å². The summed E-state index contributed by atoms with van der Waals surface area (Å²) in [5, 5.41) is 0. The van der Waals surface area contributed by atoms with Gasteiger partial charge in [-0.3, -0.25) is 14.5 Å². The number of nitrogens with one attached hydrogen (secondary N) is 1. The molecule has 7 nitrogen and oxygen atoms in total. The first kappa shape index (κ1) is 17.8. The lowest BCUT2D eigenvalue weighted by molar-refractivity contribution is 0.0368. The molecule has 0 atom stereocenters. The van der Waals surface area contributed by atoms with E-state index in [1.54, 1.807) is 18.4 Å². The molecule has 2 rings (SSSR count). The first-order valence-corrected chi connectivity index (χ1v) is 8.26. The molecule has 0 unspecified atom stereocenters. The Balaban J connectivity index is 2.11. The molecule has 1 aromatic heterocycles. The van der Waals surface area contributed by atoms with Crippen LogP contribution in [-0.4, -0.2) is 59.9 Å². The number of carbonyl (C=O) groups is 1. The highest BCUT2D eigenvalue weighted by Gasteiger charge is 2.17. The van der Waals surface area contributed by atoms with Gasteiger partial charge in [-0.1, -0.05) is 12.2 Å². The van der Waals surface area contributed by atoms with Crippen molar-refractivity contribution in [1.29, 1.82) is 0 Å². The Bertz CT molecular complexity index is 662. The normalized spacial score (nSPS) is 15.6. The minimum Gasteiger partial charge on any atom is -0.462 e. The zero-order chi connectivity index (χ0) is 16.8. The third-order valence-corrected chi connectivity index (χ3v) is 4.20. The quantitative estimate of drug-likeness (QED) is 0.617. The van der Waals surface area contributed by atoms with Crippen LogP contribution in [0.5, 0.6) is 0 Å². The smallest absolute Gasteiger partial charge is 0.342 e. The Kier molecular flexibility index (Phi) is 6.49. The molecule has 1 fully saturated rings. The van der Waals surface area contributed by atoms with Gasteiger partial charge in [0.25, 0.3) is 0 Å². The standard InChI is InChI=1S/C15H23N3O4S/c1-3-22-14(19)12-11(2)18(15(20)16-13(12)23)6-4-5-17-7-9-21-10-8-17/h3-10H2,1-2H3,(H,16,20,23). The lowest BCUT2D eigenvalue weighted by atomic mass is 10.2. The van der Waals surface area contributed by atoms with Crippen molar-refractivity contribution in [2.24, 2.45) is 0 Å². The van der Waals surface area contributed by atoms with Crippen molar-refractivity contribution in [2.45, 2.75) is 26.8 Å². The summed E-state index contributed by atoms with van der Waals surface area (Å²) >= 11 is 5.10. The lowest BCUT2D eigenvalue weighted by Gasteiger charge is -2.26. The van der Waals surface area contributed by atoms with E-state index in [9.17, 15) is 9.59 Å². The van der Waals surface area contributed by atoms with E-state index >= 15 is 0 Å². The summed E-state index contributed by atoms with van der Waals surface area (Å²) in [5.74, 6) is -0.492. The van der Waals surface area contributed by atoms with E-state index in [1.807, 2.05) is 0 Å². The molecular formula is C15H23N3O4S. The van der Waals surface area contributed by atoms with Gasteiger partial charge in [-0.2, -0.15) is 0 Å². The van der Waals surface area contributed by atoms with Gasteiger partial charge in [0, 0.05) is 31.9 Å². The number of hydrogen-bond acceptors (Lipinski definition) is 6. The fraction of sp³-hybridized carbons (Fsp3) is 0.667. The Morgan fingerprint density at radius 1 is 1.35 bits per heavy atom. The van der Waals surface area contributed by atoms with Crippen LogP contribution < -0.4 is 5.69 Å². The molecule has 1 aliphatic heterocycles. The number of nitrogens with zero attached hydrogens (tertiary/aromatic N) is 2. The fourth-order valence-electron chi connectivity index (χ4n) is 2.67. The van der Waals surface area contributed by atoms with Gasteiger partial charge < -0.3 is 9.47 Å². The summed E-state index contributed by atoms with van der Waals surface area (Å²) in [6, 6.07) is 0. The van der Waals surface area contributed by atoms with Crippen LogP contribution in [0.15, 0.2) is 4.79 Å². The molecule has 0 amide bonds. The monoisotopic (exact) mass is 341 g/mol. The fourth-order valence-corrected chi connectivity index (χ4v) is 2.99. The number of carbonyl (C=O) groups excluding carboxylic acids is 1. The van der Waals surface area contributed by atoms with Gasteiger partial charge in [-0.05, 0) is 20.3 Å². The summed E-state index contributed by atoms with van der Waals surface area (Å²) in [6.07, 6.45) is 0.813. The SMILES string of the molecule is CCOC(=O)c1c(C)n(CCCN2CCOCC2)c(=O)[nH]c1=S. The van der Waals surface area contributed by atoms with Crippen molar-refractivity contribution in [1.82, 2.24) is 14.5 Å². The second-order valence-corrected chi connectivity index (χ2v) is 5.81. The lowest BCUT2D eigenvalue weighted by Crippen LogP contribution is -2.37. The maximum absolute atomic E-state index is 12.1. The van der Waals surface area contributed by atoms with E-state index in [0.29, 0.717) is 12.2 Å². The van der Waals surface area contributed by atoms with Gasteiger partial charge in [-0.25, -0.2) is 9.59 Å². The molecule has 0 spiro atoms. The molecule has 0 aromatic carbocycles. The third-order valence-electron chi connectivity index (χ3n) is 3.90. The molecule has 1 aromatic rings. The number of rotatable bonds is 6. The largest absolute Gasteiger partial charge is 0.462 e. The average molecular weight is 341 g/mol. The van der Waals surface area contributed by atoms with E-state index in [1.165, 1.54) is 0 Å². The molecule has 0 aliphatic carbocycles. The van der Waals surface area contributed by atoms with Gasteiger partial charge in [0.05, 0.1) is 19.8 Å². The van der Waals surface area contributed by atoms with Crippen molar-refractivity contribution in [3.63, 3.8) is 0 Å². The molecule has 8 heteroatoms. The maximum atomic E-state index is 12.1. The van der Waals surface area contributed by atoms with E-state index in [0.717, 1.165) is 39.3 Å². The Morgan fingerprint density at radius 2 is 2.04 bits per heavy atom. The topological polar surface area (TPSA) is 76.6 Å². The number of esters is 1. The number of H-pyrrole nitrogens is 1. The van der Waals surface area contributed by atoms with Crippen LogP contribution in [0.3, 0.4) is 0 Å². The van der Waals surface area contributed by atoms with Crippen molar-refractivity contribution >= 4 is 18.2 Å². The zero-order valence-electron chi connectivity index (χ0n) is 13.6. The van der Waals surface area contributed by atoms with Crippen LogP contribution in [0.2, 0.25) is 0 Å². The molecule has 1 aliphatic rings. The molecule has 0 bridgehead atoms. The minimum atomic E-state index is -0.492. The molecule has 1 saturated heterocycles. The zero-order valence-corrected chi connectivity index (χ0v) is 14.4. The molecule has 0 radical (unpaired) electrons. The van der Waals surface area contributed by atoms with Crippen LogP contribution in [0, 0.1) is 11.6 Å². The first-order chi connectivity index (χ1) is 11.0. The van der Waals surface area contributed by atoms with Gasteiger partial charge in [0.15, 0.2) is 0 Å². The number of hydrogen-bond donors (Lipinski definition) is 1. The van der Waals surface area contributed by atoms with E-state index in [4.69, 9.17) is 21.7 Å². The second kappa shape index (κ2) is 8.37. The van der Waals surface area contributed by atoms with Crippen LogP contribution in [0.4, 0.5) is 0 Å². The third kappa shape index (κ3) is 4.49. The van der Waals surface area contributed by atoms with Crippen LogP contribution >= 0.6 is 12.2 Å². The first-order valence-electron chi connectivity index (χ1n) is 7.85. The molecule has 2 heterocycles. The highest BCUT2D eigenvalue weighted by atomic mass is 32.1. The predicted octanol–water partition coefficient (Wildman–Crippen LogP) is 1.11. The second-order valence-electron chi connectivity index (χ2n) is 5.40. The minimum absolute atomic E-state index is 0.135. The average Bonchev–Trinajstić information content (AvgIpc) is 2.51. The molecule has 128 valence electrons. The predicted molar refractivity (Wildman–Crippen MR) is 88.5 cm³/mol. The van der Waals surface area contributed by atoms with Crippen molar-refractivity contribution in [3.8, 4) is 0 Å². The van der Waals surface area contributed by atoms with Crippen LogP contribution in [-0.2, 0) is 16.0 Å². The summed E-state index contributed by atoms with van der Waals surface area (Å²) in [6.45, 7) is 8.49. The Hall–Kier alpha value is -1.51. The van der Waals surface area contributed by atoms with Crippen LogP contribution in [0.25, 0.3) is 0 Å². The molecule has 23 heavy (non-hydrogen) atoms. The number of aromatic amines is 1. The Labute approximate surface area is 140 Å². The Morgan fingerprint density at radius 3 is 2.70 bits per heavy atom. The summed E-state index contributed by atoms with van der Waals surface area (Å²) in [5.41, 5.74) is 0.537. The van der Waals surface area contributed by atoms with E-state index in [2.05, 4.69) is 9.88 Å². The number of ether oxygens (including phenoxy) is 2. The highest BCUT2D eigenvalue weighted by Crippen LogP contribution is 2.09. The van der Waals surface area contributed by atoms with Gasteiger partial charge in [0.2, 0.25) is 0 Å². The van der Waals surface area contributed by atoms with Crippen LogP contribution in [0.1, 0.15) is 29.4 Å². The maximum Gasteiger partial charge on any atom is 0.342 e. The summed E-state index contributed by atoms with van der Waals surface area (Å²) in [7, 11) is 0. The molecule has 1 N–H and O–H groups in total. The number of aromatic nitrogens is 2. The van der Waals surface area contributed by atoms with Gasteiger partial charge in [-0.15, -0.1) is 0 Å². The molecular weight excluding hydrogens is 318 g/mol. The molecule has 0 saturated carbocycles. The highest BCUT2D eigenvalue weighted by molar-refractivity contribution is 7.71. The summed E-state index contributed by atoms with van der Waals surface area (Å²) < 4.78 is 12.0. The van der Waals surface area contributed by atoms with Gasteiger partial charge >= 0.3 is 11.7 Å². The summed E-state index contributed by atoms with van der Waals surface area (Å²) in [4.78, 5) is 29.0. The van der Waals surface area contributed by atoms with Crippen molar-refractivity contribution < 1.29 is 14.3 Å². The van der Waals surface area contributed by atoms with Gasteiger partial charge in [0.1, 0.15) is 10.2 Å². The van der Waals surface area contributed by atoms with E-state index < -0.39 is 5.97 Å². The number of morpholine rings is 1. The van der Waals surface area contributed by atoms with Crippen molar-refractivity contribution in [2.75, 3.05) is 39.5 Å².